The second-order valence-corrected chi connectivity index (χ2v) is 7.54. The van der Waals surface area contributed by atoms with E-state index in [9.17, 15) is 4.79 Å². The molecule has 1 atom stereocenters. The molecule has 1 N–H and O–H groups in total. The van der Waals surface area contributed by atoms with Crippen LogP contribution in [-0.4, -0.2) is 35.8 Å². The monoisotopic (exact) mass is 381 g/mol. The molecule has 140 valence electrons. The number of ether oxygens (including phenoxy) is 1. The number of carbonyl (C=O) groups excluding carboxylic acids is 1. The first kappa shape index (κ1) is 17.8. The molecule has 0 aliphatic carbocycles. The fraction of sp³-hybridized carbons (Fsp3) is 0.286. The fourth-order valence-corrected chi connectivity index (χ4v) is 4.45. The highest BCUT2D eigenvalue weighted by Gasteiger charge is 2.33. The lowest BCUT2D eigenvalue weighted by Gasteiger charge is -2.30. The van der Waals surface area contributed by atoms with Gasteiger partial charge in [-0.2, -0.15) is 0 Å². The van der Waals surface area contributed by atoms with E-state index in [1.54, 1.807) is 18.4 Å². The Morgan fingerprint density at radius 1 is 1.22 bits per heavy atom. The minimum atomic E-state index is -0.116. The normalized spacial score (nSPS) is 15.7. The van der Waals surface area contributed by atoms with Gasteiger partial charge in [-0.15, -0.1) is 11.3 Å². The predicted molar refractivity (Wildman–Crippen MR) is 107 cm³/mol. The van der Waals surface area contributed by atoms with Crippen molar-refractivity contribution in [1.29, 1.82) is 0 Å². The fourth-order valence-electron chi connectivity index (χ4n) is 3.60. The molecule has 0 radical (unpaired) electrons. The van der Waals surface area contributed by atoms with E-state index >= 15 is 0 Å². The highest BCUT2D eigenvalue weighted by Crippen LogP contribution is 2.38. The predicted octanol–water partition coefficient (Wildman–Crippen LogP) is 4.19. The first-order valence-corrected chi connectivity index (χ1v) is 10.00. The maximum Gasteiger partial charge on any atom is 0.318 e. The summed E-state index contributed by atoms with van der Waals surface area (Å²) in [7, 11) is 1.68. The molecule has 2 aromatic heterocycles. The smallest absolute Gasteiger partial charge is 0.318 e. The van der Waals surface area contributed by atoms with Crippen molar-refractivity contribution in [3.05, 3.63) is 76.2 Å². The van der Waals surface area contributed by atoms with Crippen molar-refractivity contribution in [3.63, 3.8) is 0 Å². The molecule has 5 nitrogen and oxygen atoms in total. The molecule has 1 aliphatic heterocycles. The van der Waals surface area contributed by atoms with E-state index in [4.69, 9.17) is 4.74 Å². The van der Waals surface area contributed by atoms with Gasteiger partial charge < -0.3 is 19.5 Å². The molecule has 2 amide bonds. The highest BCUT2D eigenvalue weighted by molar-refractivity contribution is 7.10. The van der Waals surface area contributed by atoms with Gasteiger partial charge in [-0.25, -0.2) is 4.79 Å². The number of fused-ring (bicyclic) bond motifs is 3. The number of rotatable bonds is 5. The Labute approximate surface area is 163 Å². The summed E-state index contributed by atoms with van der Waals surface area (Å²) in [6.07, 6.45) is 2.88. The number of methoxy groups -OCH3 is 1. The second kappa shape index (κ2) is 7.98. The van der Waals surface area contributed by atoms with Crippen LogP contribution in [-0.2, 0) is 11.3 Å². The number of nitrogens with one attached hydrogen (secondary N) is 1. The van der Waals surface area contributed by atoms with Gasteiger partial charge in [0.2, 0.25) is 0 Å². The summed E-state index contributed by atoms with van der Waals surface area (Å²) in [5.41, 5.74) is 3.38. The summed E-state index contributed by atoms with van der Waals surface area (Å²) in [5, 5.41) is 5.13. The second-order valence-electron chi connectivity index (χ2n) is 6.56. The molecule has 0 spiro atoms. The average Bonchev–Trinajstić information content (AvgIpc) is 3.36. The van der Waals surface area contributed by atoms with Crippen LogP contribution < -0.4 is 5.32 Å². The first-order chi connectivity index (χ1) is 13.3. The molecule has 1 aliphatic rings. The summed E-state index contributed by atoms with van der Waals surface area (Å²) in [6, 6.07) is 16.4. The molecule has 0 saturated carbocycles. The number of benzene rings is 1. The molecule has 3 heterocycles. The quantitative estimate of drug-likeness (QED) is 0.674. The lowest BCUT2D eigenvalue weighted by atomic mass is 10.1. The van der Waals surface area contributed by atoms with Crippen molar-refractivity contribution in [2.75, 3.05) is 20.3 Å². The third-order valence-electron chi connectivity index (χ3n) is 4.84. The molecular formula is C21H23N3O2S. The SMILES string of the molecule is COCCCNC(=O)N1Cc2ccccc2-n2cccc2[C@@H]1c1cccs1. The van der Waals surface area contributed by atoms with Crippen molar-refractivity contribution in [3.8, 4) is 5.69 Å². The van der Waals surface area contributed by atoms with Crippen molar-refractivity contribution in [1.82, 2.24) is 14.8 Å². The molecule has 0 fully saturated rings. The highest BCUT2D eigenvalue weighted by atomic mass is 32.1. The Morgan fingerprint density at radius 3 is 2.93 bits per heavy atom. The Balaban J connectivity index is 1.73. The lowest BCUT2D eigenvalue weighted by molar-refractivity contribution is 0.175. The minimum Gasteiger partial charge on any atom is -0.385 e. The number of para-hydroxylation sites is 1. The number of hydrogen-bond acceptors (Lipinski definition) is 3. The van der Waals surface area contributed by atoms with E-state index in [0.717, 1.165) is 28.2 Å². The molecule has 0 saturated heterocycles. The number of thiophene rings is 1. The number of urea groups is 1. The van der Waals surface area contributed by atoms with Gasteiger partial charge in [0.25, 0.3) is 0 Å². The standard InChI is InChI=1S/C21H23N3O2S/c1-26-13-6-11-22-21(25)24-15-16-7-2-3-8-17(16)23-12-4-9-18(23)20(24)19-10-5-14-27-19/h2-5,7-10,12,14,20H,6,11,13,15H2,1H3,(H,22,25)/t20-/m1/s1. The summed E-state index contributed by atoms with van der Waals surface area (Å²) in [6.45, 7) is 1.81. The molecule has 1 aromatic carbocycles. The third kappa shape index (κ3) is 3.50. The third-order valence-corrected chi connectivity index (χ3v) is 5.76. The van der Waals surface area contributed by atoms with Gasteiger partial charge in [0.05, 0.1) is 17.9 Å². The maximum absolute atomic E-state index is 13.1. The van der Waals surface area contributed by atoms with E-state index < -0.39 is 0 Å². The number of amides is 2. The average molecular weight is 382 g/mol. The van der Waals surface area contributed by atoms with E-state index in [2.05, 4.69) is 45.7 Å². The van der Waals surface area contributed by atoms with Gasteiger partial charge >= 0.3 is 6.03 Å². The Morgan fingerprint density at radius 2 is 2.11 bits per heavy atom. The molecular weight excluding hydrogens is 358 g/mol. The van der Waals surface area contributed by atoms with Crippen molar-refractivity contribution in [2.24, 2.45) is 0 Å². The molecule has 27 heavy (non-hydrogen) atoms. The molecule has 6 heteroatoms. The van der Waals surface area contributed by atoms with Crippen LogP contribution in [0, 0.1) is 0 Å². The Bertz CT molecular complexity index is 904. The van der Waals surface area contributed by atoms with Crippen LogP contribution in [0.5, 0.6) is 0 Å². The van der Waals surface area contributed by atoms with E-state index in [-0.39, 0.29) is 12.1 Å². The van der Waals surface area contributed by atoms with Crippen molar-refractivity contribution < 1.29 is 9.53 Å². The van der Waals surface area contributed by atoms with Crippen LogP contribution >= 0.6 is 11.3 Å². The summed E-state index contributed by atoms with van der Waals surface area (Å²) >= 11 is 1.68. The van der Waals surface area contributed by atoms with Gasteiger partial charge in [0, 0.05) is 31.3 Å². The zero-order chi connectivity index (χ0) is 18.6. The van der Waals surface area contributed by atoms with Gasteiger partial charge in [-0.05, 0) is 41.6 Å². The van der Waals surface area contributed by atoms with Gasteiger partial charge in [-0.3, -0.25) is 0 Å². The van der Waals surface area contributed by atoms with E-state index in [1.807, 2.05) is 29.2 Å². The van der Waals surface area contributed by atoms with Crippen LogP contribution in [0.3, 0.4) is 0 Å². The number of carbonyl (C=O) groups is 1. The van der Waals surface area contributed by atoms with Crippen LogP contribution in [0.4, 0.5) is 4.79 Å². The zero-order valence-electron chi connectivity index (χ0n) is 15.3. The maximum atomic E-state index is 13.1. The summed E-state index contributed by atoms with van der Waals surface area (Å²) < 4.78 is 7.29. The Hall–Kier alpha value is -2.57. The number of nitrogens with zero attached hydrogens (tertiary/aromatic N) is 2. The first-order valence-electron chi connectivity index (χ1n) is 9.12. The Kier molecular flexibility index (Phi) is 5.27. The summed E-state index contributed by atoms with van der Waals surface area (Å²) in [5.74, 6) is 0. The minimum absolute atomic E-state index is 0.0473. The molecule has 3 aromatic rings. The van der Waals surface area contributed by atoms with Crippen molar-refractivity contribution in [2.45, 2.75) is 19.0 Å². The van der Waals surface area contributed by atoms with Crippen LogP contribution in [0.1, 0.15) is 28.6 Å². The van der Waals surface area contributed by atoms with E-state index in [0.29, 0.717) is 19.7 Å². The zero-order valence-corrected chi connectivity index (χ0v) is 16.1. The summed E-state index contributed by atoms with van der Waals surface area (Å²) in [4.78, 5) is 16.2. The number of hydrogen-bond donors (Lipinski definition) is 1. The van der Waals surface area contributed by atoms with E-state index in [1.165, 1.54) is 0 Å². The van der Waals surface area contributed by atoms with Gasteiger partial charge in [0.15, 0.2) is 0 Å². The topological polar surface area (TPSA) is 46.5 Å². The molecule has 0 unspecified atom stereocenters. The number of aromatic nitrogens is 1. The van der Waals surface area contributed by atoms with Crippen LogP contribution in [0.15, 0.2) is 60.1 Å². The van der Waals surface area contributed by atoms with Crippen molar-refractivity contribution >= 4 is 17.4 Å². The molecule has 4 rings (SSSR count). The van der Waals surface area contributed by atoms with Crippen LogP contribution in [0.2, 0.25) is 0 Å². The lowest BCUT2D eigenvalue weighted by Crippen LogP contribution is -2.42. The van der Waals surface area contributed by atoms with Gasteiger partial charge in [-0.1, -0.05) is 24.3 Å². The van der Waals surface area contributed by atoms with Crippen LogP contribution in [0.25, 0.3) is 5.69 Å². The molecule has 0 bridgehead atoms. The largest absolute Gasteiger partial charge is 0.385 e. The van der Waals surface area contributed by atoms with Gasteiger partial charge in [0.1, 0.15) is 6.04 Å².